The predicted octanol–water partition coefficient (Wildman–Crippen LogP) is 0.254. The minimum atomic E-state index is -1.02. The van der Waals surface area contributed by atoms with E-state index in [0.29, 0.717) is 19.3 Å². The highest BCUT2D eigenvalue weighted by Crippen LogP contribution is 2.23. The van der Waals surface area contributed by atoms with Gasteiger partial charge in [0.1, 0.15) is 6.10 Å². The van der Waals surface area contributed by atoms with Crippen molar-refractivity contribution in [2.75, 3.05) is 0 Å². The molecule has 0 radical (unpaired) electrons. The van der Waals surface area contributed by atoms with Crippen LogP contribution in [-0.2, 0) is 14.3 Å². The number of rotatable bonds is 8. The first-order valence-corrected chi connectivity index (χ1v) is 7.36. The van der Waals surface area contributed by atoms with Gasteiger partial charge < -0.3 is 29.9 Å². The molecule has 0 aliphatic carbocycles. The van der Waals surface area contributed by atoms with E-state index in [1.807, 2.05) is 6.92 Å². The molecule has 7 heteroatoms. The normalized spacial score (nSPS) is 32.6. The number of carboxylic acids is 1. The lowest BCUT2D eigenvalue weighted by molar-refractivity contribution is -0.273. The van der Waals surface area contributed by atoms with E-state index in [4.69, 9.17) is 14.6 Å². The Labute approximate surface area is 124 Å². The quantitative estimate of drug-likeness (QED) is 0.508. The minimum Gasteiger partial charge on any atom is -0.481 e. The van der Waals surface area contributed by atoms with Gasteiger partial charge in [-0.1, -0.05) is 0 Å². The number of aliphatic hydroxyl groups is 3. The van der Waals surface area contributed by atoms with Crippen molar-refractivity contribution < 1.29 is 34.7 Å². The summed E-state index contributed by atoms with van der Waals surface area (Å²) in [6, 6.07) is 0. The molecule has 1 saturated heterocycles. The smallest absolute Gasteiger partial charge is 0.305 e. The Bertz CT molecular complexity index is 322. The van der Waals surface area contributed by atoms with Crippen molar-refractivity contribution >= 4 is 5.97 Å². The Morgan fingerprint density at radius 3 is 2.62 bits per heavy atom. The molecule has 1 aliphatic rings. The third-order valence-electron chi connectivity index (χ3n) is 3.61. The van der Waals surface area contributed by atoms with Crippen LogP contribution in [0.25, 0.3) is 0 Å². The van der Waals surface area contributed by atoms with E-state index < -0.39 is 30.6 Å². The molecule has 1 aliphatic heterocycles. The van der Waals surface area contributed by atoms with Crippen molar-refractivity contribution in [1.82, 2.24) is 0 Å². The van der Waals surface area contributed by atoms with Crippen LogP contribution in [-0.4, -0.2) is 63.2 Å². The van der Waals surface area contributed by atoms with Crippen molar-refractivity contribution in [3.63, 3.8) is 0 Å². The summed E-state index contributed by atoms with van der Waals surface area (Å²) < 4.78 is 11.0. The molecule has 0 saturated carbocycles. The zero-order valence-corrected chi connectivity index (χ0v) is 12.5. The Hall–Kier alpha value is -0.730. The lowest BCUT2D eigenvalue weighted by Gasteiger charge is -2.36. The van der Waals surface area contributed by atoms with E-state index in [9.17, 15) is 20.1 Å². The molecule has 1 heterocycles. The van der Waals surface area contributed by atoms with Gasteiger partial charge in [-0.3, -0.25) is 4.79 Å². The summed E-state index contributed by atoms with van der Waals surface area (Å²) in [5, 5.41) is 37.3. The van der Waals surface area contributed by atoms with Gasteiger partial charge in [0.25, 0.3) is 0 Å². The molecule has 0 unspecified atom stereocenters. The van der Waals surface area contributed by atoms with E-state index >= 15 is 0 Å². The summed E-state index contributed by atoms with van der Waals surface area (Å²) in [6.07, 6.45) is -2.14. The second kappa shape index (κ2) is 8.65. The van der Waals surface area contributed by atoms with Crippen LogP contribution < -0.4 is 0 Å². The summed E-state index contributed by atoms with van der Waals surface area (Å²) in [6.45, 7) is 3.55. The monoisotopic (exact) mass is 306 g/mol. The minimum absolute atomic E-state index is 0.191. The molecule has 0 bridgehead atoms. The molecular formula is C14H26O7. The largest absolute Gasteiger partial charge is 0.481 e. The molecule has 0 aromatic rings. The number of carboxylic acid groups (broad SMARTS) is 1. The molecule has 21 heavy (non-hydrogen) atoms. The van der Waals surface area contributed by atoms with Gasteiger partial charge in [0.05, 0.1) is 30.8 Å². The van der Waals surface area contributed by atoms with Crippen molar-refractivity contribution in [2.24, 2.45) is 0 Å². The first kappa shape index (κ1) is 18.3. The highest BCUT2D eigenvalue weighted by atomic mass is 16.7. The summed E-state index contributed by atoms with van der Waals surface area (Å²) in [5.74, 6) is -1.02. The maximum Gasteiger partial charge on any atom is 0.305 e. The van der Waals surface area contributed by atoms with Crippen LogP contribution >= 0.6 is 0 Å². The van der Waals surface area contributed by atoms with Crippen molar-refractivity contribution in [2.45, 2.75) is 82.8 Å². The molecule has 4 N–H and O–H groups in total. The summed E-state index contributed by atoms with van der Waals surface area (Å²) in [5.41, 5.74) is 0. The Balaban J connectivity index is 2.24. The molecule has 1 rings (SSSR count). The van der Waals surface area contributed by atoms with Crippen LogP contribution in [0.3, 0.4) is 0 Å². The third-order valence-corrected chi connectivity index (χ3v) is 3.61. The van der Waals surface area contributed by atoms with E-state index in [0.717, 1.165) is 0 Å². The maximum atomic E-state index is 10.4. The summed E-state index contributed by atoms with van der Waals surface area (Å²) in [4.78, 5) is 10.4. The second-order valence-electron chi connectivity index (χ2n) is 5.71. The van der Waals surface area contributed by atoms with Crippen LogP contribution in [0.1, 0.15) is 46.0 Å². The molecule has 6 atom stereocenters. The van der Waals surface area contributed by atoms with Gasteiger partial charge in [-0.25, -0.2) is 0 Å². The maximum absolute atomic E-state index is 10.4. The van der Waals surface area contributed by atoms with Gasteiger partial charge >= 0.3 is 5.97 Å². The standard InChI is InChI=1S/C14H26O7/c1-8(4-3-5-10(15)6-13(18)19)20-14-12(17)7-11(16)9(2)21-14/h8-12,14-17H,3-7H2,1-2H3,(H,18,19)/t8-,9+,10-,11-,12-,14-/m1/s1. The van der Waals surface area contributed by atoms with Gasteiger partial charge in [0.15, 0.2) is 6.29 Å². The summed E-state index contributed by atoms with van der Waals surface area (Å²) >= 11 is 0. The number of hydrogen-bond donors (Lipinski definition) is 4. The van der Waals surface area contributed by atoms with Crippen LogP contribution in [0.15, 0.2) is 0 Å². The van der Waals surface area contributed by atoms with Crippen LogP contribution in [0.4, 0.5) is 0 Å². The van der Waals surface area contributed by atoms with Gasteiger partial charge in [0, 0.05) is 6.42 Å². The Morgan fingerprint density at radius 1 is 1.33 bits per heavy atom. The summed E-state index contributed by atoms with van der Waals surface area (Å²) in [7, 11) is 0. The second-order valence-corrected chi connectivity index (χ2v) is 5.71. The fourth-order valence-electron chi connectivity index (χ4n) is 2.31. The lowest BCUT2D eigenvalue weighted by atomic mass is 10.0. The van der Waals surface area contributed by atoms with Crippen LogP contribution in [0.5, 0.6) is 0 Å². The van der Waals surface area contributed by atoms with Gasteiger partial charge in [-0.2, -0.15) is 0 Å². The van der Waals surface area contributed by atoms with Crippen LogP contribution in [0, 0.1) is 0 Å². The molecule has 0 aromatic heterocycles. The average molecular weight is 306 g/mol. The zero-order valence-electron chi connectivity index (χ0n) is 12.5. The van der Waals surface area contributed by atoms with E-state index in [1.165, 1.54) is 0 Å². The Morgan fingerprint density at radius 2 is 2.00 bits per heavy atom. The molecule has 0 amide bonds. The first-order chi connectivity index (χ1) is 9.79. The fourth-order valence-corrected chi connectivity index (χ4v) is 2.31. The molecule has 1 fully saturated rings. The average Bonchev–Trinajstić information content (AvgIpc) is 2.35. The third kappa shape index (κ3) is 6.71. The van der Waals surface area contributed by atoms with E-state index in [2.05, 4.69) is 0 Å². The van der Waals surface area contributed by atoms with Crippen molar-refractivity contribution in [1.29, 1.82) is 0 Å². The number of aliphatic carboxylic acids is 1. The van der Waals surface area contributed by atoms with E-state index in [1.54, 1.807) is 6.92 Å². The zero-order chi connectivity index (χ0) is 16.0. The Kier molecular flexibility index (Phi) is 7.55. The molecule has 124 valence electrons. The first-order valence-electron chi connectivity index (χ1n) is 7.36. The molecule has 0 spiro atoms. The SMILES string of the molecule is C[C@H](CCC[C@@H](O)CC(=O)O)O[C@@H]1O[C@@H](C)[C@H](O)C[C@H]1O. The van der Waals surface area contributed by atoms with Gasteiger partial charge in [0.2, 0.25) is 0 Å². The van der Waals surface area contributed by atoms with Gasteiger partial charge in [-0.15, -0.1) is 0 Å². The van der Waals surface area contributed by atoms with Crippen molar-refractivity contribution in [3.05, 3.63) is 0 Å². The number of ether oxygens (including phenoxy) is 2. The van der Waals surface area contributed by atoms with Crippen LogP contribution in [0.2, 0.25) is 0 Å². The lowest BCUT2D eigenvalue weighted by Crippen LogP contribution is -2.48. The highest BCUT2D eigenvalue weighted by Gasteiger charge is 2.35. The molecular weight excluding hydrogens is 280 g/mol. The number of aliphatic hydroxyl groups excluding tert-OH is 3. The van der Waals surface area contributed by atoms with Crippen molar-refractivity contribution in [3.8, 4) is 0 Å². The van der Waals surface area contributed by atoms with Gasteiger partial charge in [-0.05, 0) is 33.1 Å². The molecule has 0 aromatic carbocycles. The molecule has 7 nitrogen and oxygen atoms in total. The number of hydrogen-bond acceptors (Lipinski definition) is 6. The number of carbonyl (C=O) groups is 1. The highest BCUT2D eigenvalue weighted by molar-refractivity contribution is 5.67. The topological polar surface area (TPSA) is 116 Å². The fraction of sp³-hybridized carbons (Fsp3) is 0.929. The van der Waals surface area contributed by atoms with E-state index in [-0.39, 0.29) is 25.0 Å². The predicted molar refractivity (Wildman–Crippen MR) is 73.6 cm³/mol.